The molecular weight excluding hydrogens is 780 g/mol. The fraction of sp³-hybridized carbons (Fsp3) is 0.458. The molecule has 3 aromatic rings. The molecular formula is C48H69FN4O6S. The van der Waals surface area contributed by atoms with Crippen LogP contribution in [0, 0.1) is 5.41 Å². The minimum atomic E-state index is -0.775. The van der Waals surface area contributed by atoms with Crippen molar-refractivity contribution in [2.75, 3.05) is 33.9 Å². The largest absolute Gasteiger partial charge is 0.453 e. The number of halogens is 1. The number of carbonyl (C=O) groups is 3. The van der Waals surface area contributed by atoms with Crippen molar-refractivity contribution in [1.29, 1.82) is 0 Å². The average Bonchev–Trinajstić information content (AvgIpc) is 3.98. The number of amides is 2. The molecule has 2 amide bonds. The van der Waals surface area contributed by atoms with E-state index in [4.69, 9.17) is 14.2 Å². The minimum Gasteiger partial charge on any atom is -0.453 e. The van der Waals surface area contributed by atoms with Crippen molar-refractivity contribution in [3.63, 3.8) is 0 Å². The van der Waals surface area contributed by atoms with Crippen molar-refractivity contribution in [3.8, 4) is 16.2 Å². The Bertz CT molecular complexity index is 1910. The van der Waals surface area contributed by atoms with E-state index in [1.54, 1.807) is 53.8 Å². The van der Waals surface area contributed by atoms with E-state index in [9.17, 15) is 18.8 Å². The molecule has 1 atom stereocenters. The van der Waals surface area contributed by atoms with Gasteiger partial charge in [-0.3, -0.25) is 9.78 Å². The Morgan fingerprint density at radius 3 is 2.35 bits per heavy atom. The maximum atomic E-state index is 14.8. The van der Waals surface area contributed by atoms with E-state index >= 15 is 0 Å². The van der Waals surface area contributed by atoms with Crippen molar-refractivity contribution in [2.45, 2.75) is 106 Å². The van der Waals surface area contributed by atoms with Gasteiger partial charge in [0.05, 0.1) is 16.8 Å². The van der Waals surface area contributed by atoms with Crippen molar-refractivity contribution < 1.29 is 33.0 Å². The Hall–Kier alpha value is -4.91. The van der Waals surface area contributed by atoms with Gasteiger partial charge >= 0.3 is 6.09 Å². The number of ether oxygens (including phenoxy) is 3. The van der Waals surface area contributed by atoms with E-state index in [-0.39, 0.29) is 29.6 Å². The topological polar surface area (TPSA) is 119 Å². The molecule has 5 rings (SSSR count). The monoisotopic (exact) mass is 848 g/mol. The smallest absolute Gasteiger partial charge is 0.410 e. The lowest BCUT2D eigenvalue weighted by molar-refractivity contribution is -0.130. The fourth-order valence-corrected chi connectivity index (χ4v) is 6.49. The summed E-state index contributed by atoms with van der Waals surface area (Å²) in [5, 5.41) is 5.79. The molecule has 10 nitrogen and oxygen atoms in total. The summed E-state index contributed by atoms with van der Waals surface area (Å²) in [7, 11) is 3.48. The molecule has 1 aromatic carbocycles. The number of likely N-dealkylation sites (N-methyl/N-ethyl adjacent to an activating group) is 1. The van der Waals surface area contributed by atoms with Crippen molar-refractivity contribution in [3.05, 3.63) is 109 Å². The van der Waals surface area contributed by atoms with Crippen LogP contribution < -0.4 is 15.4 Å². The second-order valence-electron chi connectivity index (χ2n) is 14.0. The summed E-state index contributed by atoms with van der Waals surface area (Å²) in [6.45, 7) is 26.0. The van der Waals surface area contributed by atoms with Gasteiger partial charge < -0.3 is 34.5 Å². The van der Waals surface area contributed by atoms with Gasteiger partial charge in [0.2, 0.25) is 5.91 Å². The number of carbonyl (C=O) groups excluding carboxylic acids is 3. The van der Waals surface area contributed by atoms with Crippen LogP contribution in [0.2, 0.25) is 0 Å². The number of fused-ring (bicyclic) bond motifs is 1. The Morgan fingerprint density at radius 1 is 1.07 bits per heavy atom. The maximum Gasteiger partial charge on any atom is 0.410 e. The fourth-order valence-electron chi connectivity index (χ4n) is 5.42. The van der Waals surface area contributed by atoms with E-state index in [1.807, 2.05) is 87.6 Å². The van der Waals surface area contributed by atoms with Crippen molar-refractivity contribution >= 4 is 39.8 Å². The number of hydrogen-bond donors (Lipinski definition) is 2. The molecule has 1 saturated carbocycles. The summed E-state index contributed by atoms with van der Waals surface area (Å²) in [4.78, 5) is 42.1. The highest BCUT2D eigenvalue weighted by Gasteiger charge is 2.50. The lowest BCUT2D eigenvalue weighted by Gasteiger charge is -2.27. The first kappa shape index (κ1) is 53.1. The van der Waals surface area contributed by atoms with Crippen LogP contribution >= 0.6 is 11.3 Å². The van der Waals surface area contributed by atoms with Gasteiger partial charge in [-0.15, -0.1) is 11.3 Å². The summed E-state index contributed by atoms with van der Waals surface area (Å²) >= 11 is 1.56. The van der Waals surface area contributed by atoms with Crippen LogP contribution in [0.1, 0.15) is 93.6 Å². The summed E-state index contributed by atoms with van der Waals surface area (Å²) in [5.74, 6) is 0.321. The highest BCUT2D eigenvalue weighted by molar-refractivity contribution is 7.22. The Balaban J connectivity index is 0.000000752. The highest BCUT2D eigenvalue weighted by atomic mass is 32.1. The third-order valence-electron chi connectivity index (χ3n) is 8.73. The van der Waals surface area contributed by atoms with Crippen LogP contribution in [0.3, 0.4) is 0 Å². The molecule has 2 N–H and O–H groups in total. The summed E-state index contributed by atoms with van der Waals surface area (Å²) in [6, 6.07) is 12.2. The van der Waals surface area contributed by atoms with Gasteiger partial charge in [-0.1, -0.05) is 91.1 Å². The van der Waals surface area contributed by atoms with Gasteiger partial charge in [-0.2, -0.15) is 0 Å². The van der Waals surface area contributed by atoms with Crippen LogP contribution in [-0.4, -0.2) is 73.7 Å². The SMILES string of the molecule is C=C/C=C(\C=C)NC(=O)C1(C=O)CC1.CC.CC.CC.CNC1C=CC(Oc2ccnc3cc(-c4cccc(CCN(CCOC)C(=O)OC(C)(C)C)c4)sc23)=C(F)CC1. The van der Waals surface area contributed by atoms with Crippen LogP contribution in [0.5, 0.6) is 5.75 Å². The predicted molar refractivity (Wildman–Crippen MR) is 247 cm³/mol. The van der Waals surface area contributed by atoms with Gasteiger partial charge in [0.1, 0.15) is 28.9 Å². The van der Waals surface area contributed by atoms with E-state index in [2.05, 4.69) is 47.0 Å². The average molecular weight is 849 g/mol. The molecule has 2 aliphatic rings. The summed E-state index contributed by atoms with van der Waals surface area (Å²) < 4.78 is 32.5. The number of thiophene rings is 1. The zero-order valence-corrected chi connectivity index (χ0v) is 38.6. The number of methoxy groups -OCH3 is 1. The van der Waals surface area contributed by atoms with E-state index in [1.165, 1.54) is 6.08 Å². The molecule has 330 valence electrons. The molecule has 2 aromatic heterocycles. The number of allylic oxidation sites excluding steroid dienone is 5. The third-order valence-corrected chi connectivity index (χ3v) is 9.92. The molecule has 60 heavy (non-hydrogen) atoms. The number of hydrogen-bond acceptors (Lipinski definition) is 9. The number of nitrogens with zero attached hydrogens (tertiary/aromatic N) is 2. The molecule has 1 unspecified atom stereocenters. The second kappa shape index (κ2) is 27.8. The lowest BCUT2D eigenvalue weighted by atomic mass is 10.1. The number of benzene rings is 1. The predicted octanol–water partition coefficient (Wildman–Crippen LogP) is 11.3. The van der Waals surface area contributed by atoms with Gasteiger partial charge in [-0.25, -0.2) is 9.18 Å². The number of pyridine rings is 1. The molecule has 0 radical (unpaired) electrons. The Labute approximate surface area is 362 Å². The van der Waals surface area contributed by atoms with Crippen LogP contribution in [-0.2, 0) is 25.5 Å². The van der Waals surface area contributed by atoms with Gasteiger partial charge in [0.15, 0.2) is 5.76 Å². The Morgan fingerprint density at radius 2 is 1.77 bits per heavy atom. The van der Waals surface area contributed by atoms with Gasteiger partial charge in [-0.05, 0) is 88.9 Å². The lowest BCUT2D eigenvalue weighted by Crippen LogP contribution is -2.39. The first-order valence-electron chi connectivity index (χ1n) is 20.9. The molecule has 0 spiro atoms. The van der Waals surface area contributed by atoms with Crippen LogP contribution in [0.25, 0.3) is 20.7 Å². The number of aldehydes is 1. The number of rotatable bonds is 15. The zero-order chi connectivity index (χ0) is 45.3. The van der Waals surface area contributed by atoms with Crippen LogP contribution in [0.15, 0.2) is 103 Å². The first-order chi connectivity index (χ1) is 28.8. The molecule has 0 bridgehead atoms. The first-order valence-corrected chi connectivity index (χ1v) is 21.8. The summed E-state index contributed by atoms with van der Waals surface area (Å²) in [6.07, 6.45) is 13.3. The second-order valence-corrected chi connectivity index (χ2v) is 15.1. The van der Waals surface area contributed by atoms with Crippen LogP contribution in [0.4, 0.5) is 9.18 Å². The van der Waals surface area contributed by atoms with E-state index in [0.717, 1.165) is 32.5 Å². The molecule has 1 fully saturated rings. The molecule has 2 heterocycles. The maximum absolute atomic E-state index is 14.8. The van der Waals surface area contributed by atoms with Crippen molar-refractivity contribution in [2.24, 2.45) is 5.41 Å². The standard InChI is InChI=1S/C31H38FN3O4S.C11H13NO2.3C2H6/c1-31(2,3)39-30(36)35(17-18-37-5)16-14-21-7-6-8-22(19-21)28-20-25-29(40-28)27(13-15-34-25)38-26-12-10-23(33-4)9-11-24(26)32;1-3-5-9(4-2)12-10(14)11(8-13)6-7-11;3*1-2/h6-8,10,12-13,15,19-20,23,33H,9,11,14,16-18H2,1-5H3;3-5,8H,1-2,6-7H2,(H,12,14);3*1-2H3/b;9-5+;;;. The van der Waals surface area contributed by atoms with Gasteiger partial charge in [0, 0.05) is 55.5 Å². The molecule has 12 heteroatoms. The molecule has 0 aliphatic heterocycles. The third kappa shape index (κ3) is 17.0. The van der Waals surface area contributed by atoms with E-state index in [0.29, 0.717) is 63.2 Å². The van der Waals surface area contributed by atoms with E-state index < -0.39 is 11.0 Å². The highest BCUT2D eigenvalue weighted by Crippen LogP contribution is 2.43. The summed E-state index contributed by atoms with van der Waals surface area (Å²) in [5.41, 5.74) is 2.17. The minimum absolute atomic E-state index is 0.112. The molecule has 0 saturated heterocycles. The zero-order valence-electron chi connectivity index (χ0n) is 37.8. The normalized spacial score (nSPS) is 15.1. The van der Waals surface area contributed by atoms with Gasteiger partial charge in [0.25, 0.3) is 0 Å². The number of nitrogens with one attached hydrogen (secondary N) is 2. The number of aromatic nitrogens is 1. The molecule has 2 aliphatic carbocycles. The van der Waals surface area contributed by atoms with Crippen molar-refractivity contribution in [1.82, 2.24) is 20.5 Å². The Kier molecular flexibility index (Phi) is 24.6. The quantitative estimate of drug-likeness (QED) is 0.0882.